The van der Waals surface area contributed by atoms with Gasteiger partial charge in [0.2, 0.25) is 0 Å². The van der Waals surface area contributed by atoms with Crippen LogP contribution in [0.3, 0.4) is 0 Å². The maximum absolute atomic E-state index is 14.7. The third-order valence-corrected chi connectivity index (χ3v) is 8.35. The molecule has 0 aliphatic rings. The molecule has 0 aromatic rings. The van der Waals surface area contributed by atoms with Crippen LogP contribution in [0.4, 0.5) is 74.6 Å². The largest absolute Gasteiger partial charge is 0.510 e. The number of hydrogen-bond donors (Lipinski definition) is 0. The molecule has 224 valence electrons. The van der Waals surface area contributed by atoms with Crippen molar-refractivity contribution in [1.82, 2.24) is 0 Å². The van der Waals surface area contributed by atoms with E-state index >= 15 is 0 Å². The van der Waals surface area contributed by atoms with Gasteiger partial charge in [-0.2, -0.15) is 74.6 Å². The molecule has 0 aliphatic carbocycles. The number of hydrogen-bond acceptors (Lipinski definition) is 3. The van der Waals surface area contributed by atoms with Crippen LogP contribution < -0.4 is 0 Å². The fourth-order valence-electron chi connectivity index (χ4n) is 2.77. The maximum Gasteiger partial charge on any atom is 0.510 e. The lowest BCUT2D eigenvalue weighted by atomic mass is 9.88. The molecule has 0 bridgehead atoms. The normalized spacial score (nSPS) is 16.8. The quantitative estimate of drug-likeness (QED) is 0.151. The van der Waals surface area contributed by atoms with Crippen molar-refractivity contribution in [2.24, 2.45) is 0 Å². The van der Waals surface area contributed by atoms with Crippen molar-refractivity contribution in [3.05, 3.63) is 0 Å². The Kier molecular flexibility index (Phi) is 10.2. The van der Waals surface area contributed by atoms with Crippen LogP contribution in [-0.4, -0.2) is 76.3 Å². The molecule has 0 radical (unpaired) electrons. The van der Waals surface area contributed by atoms with Crippen molar-refractivity contribution >= 4 is 8.80 Å². The molecule has 0 N–H and O–H groups in total. The van der Waals surface area contributed by atoms with E-state index in [1.54, 1.807) is 0 Å². The Labute approximate surface area is 198 Å². The van der Waals surface area contributed by atoms with E-state index in [1.807, 2.05) is 0 Å². The van der Waals surface area contributed by atoms with Crippen molar-refractivity contribution in [3.63, 3.8) is 0 Å². The second kappa shape index (κ2) is 10.5. The van der Waals surface area contributed by atoms with Crippen LogP contribution in [0.15, 0.2) is 0 Å². The van der Waals surface area contributed by atoms with Crippen molar-refractivity contribution in [2.75, 3.05) is 19.8 Å². The predicted octanol–water partition coefficient (Wildman–Crippen LogP) is 7.43. The second-order valence-corrected chi connectivity index (χ2v) is 10.1. The third kappa shape index (κ3) is 5.12. The fourth-order valence-corrected chi connectivity index (χ4v) is 5.61. The zero-order chi connectivity index (χ0) is 30.3. The zero-order valence-electron chi connectivity index (χ0n) is 18.8. The minimum Gasteiger partial charge on any atom is -0.373 e. The number of rotatable bonds is 14. The molecule has 0 saturated heterocycles. The van der Waals surface area contributed by atoms with Gasteiger partial charge in [-0.1, -0.05) is 6.92 Å². The Balaban J connectivity index is 7.03. The minimum absolute atomic E-state index is 0.0973. The van der Waals surface area contributed by atoms with Crippen molar-refractivity contribution < 1.29 is 87.9 Å². The summed E-state index contributed by atoms with van der Waals surface area (Å²) in [5.41, 5.74) is -3.53. The summed E-state index contributed by atoms with van der Waals surface area (Å²) in [5, 5.41) is 0. The zero-order valence-corrected chi connectivity index (χ0v) is 19.8. The molecule has 0 aromatic heterocycles. The van der Waals surface area contributed by atoms with Crippen LogP contribution in [0.2, 0.25) is 5.54 Å². The molecule has 0 saturated carbocycles. The van der Waals surface area contributed by atoms with Crippen molar-refractivity contribution in [1.29, 1.82) is 0 Å². The number of alkyl halides is 17. The van der Waals surface area contributed by atoms with E-state index in [1.165, 1.54) is 0 Å². The molecule has 0 aromatic carbocycles. The molecular weight excluding hydrogens is 591 g/mol. The van der Waals surface area contributed by atoms with Crippen molar-refractivity contribution in [2.45, 2.75) is 80.9 Å². The molecular formula is C16H19F17O3Si. The van der Waals surface area contributed by atoms with E-state index in [-0.39, 0.29) is 6.92 Å². The summed E-state index contributed by atoms with van der Waals surface area (Å²) in [5.74, 6) is -57.0. The first kappa shape index (κ1) is 35.9. The highest BCUT2D eigenvalue weighted by Gasteiger charge is 2.95. The predicted molar refractivity (Wildman–Crippen MR) is 90.7 cm³/mol. The lowest BCUT2D eigenvalue weighted by molar-refractivity contribution is -0.462. The fraction of sp³-hybridized carbons (Fsp3) is 1.00. The molecule has 1 atom stereocenters. The third-order valence-electron chi connectivity index (χ3n) is 4.86. The Morgan fingerprint density at radius 3 is 0.946 bits per heavy atom. The van der Waals surface area contributed by atoms with Gasteiger partial charge in [0.25, 0.3) is 0 Å². The minimum atomic E-state index is -8.68. The average Bonchev–Trinajstić information content (AvgIpc) is 2.71. The highest BCUT2D eigenvalue weighted by atomic mass is 28.4. The maximum atomic E-state index is 14.7. The summed E-state index contributed by atoms with van der Waals surface area (Å²) < 4.78 is 244. The molecule has 1 unspecified atom stereocenters. The highest BCUT2D eigenvalue weighted by molar-refractivity contribution is 6.62. The molecule has 0 rings (SSSR count). The molecule has 0 fully saturated rings. The van der Waals surface area contributed by atoms with Gasteiger partial charge in [-0.05, 0) is 20.8 Å². The van der Waals surface area contributed by atoms with Gasteiger partial charge >= 0.3 is 56.4 Å². The summed E-state index contributed by atoms with van der Waals surface area (Å²) in [7, 11) is -5.33. The van der Waals surface area contributed by atoms with Gasteiger partial charge in [-0.3, -0.25) is 0 Å². The Bertz CT molecular complexity index is 751. The first-order valence-electron chi connectivity index (χ1n) is 9.72. The average molecular weight is 610 g/mol. The van der Waals surface area contributed by atoms with E-state index in [4.69, 9.17) is 13.3 Å². The van der Waals surface area contributed by atoms with E-state index in [0.717, 1.165) is 20.8 Å². The van der Waals surface area contributed by atoms with Gasteiger partial charge in [0.1, 0.15) is 0 Å². The molecule has 0 spiro atoms. The molecule has 0 aliphatic heterocycles. The first-order valence-corrected chi connectivity index (χ1v) is 11.5. The summed E-state index contributed by atoms with van der Waals surface area (Å²) in [6, 6.07) is 0. The van der Waals surface area contributed by atoms with Crippen LogP contribution in [0.25, 0.3) is 0 Å². The van der Waals surface area contributed by atoms with Gasteiger partial charge < -0.3 is 13.3 Å². The van der Waals surface area contributed by atoms with Crippen LogP contribution in [0, 0.1) is 0 Å². The van der Waals surface area contributed by atoms with E-state index in [0.29, 0.717) is 0 Å². The van der Waals surface area contributed by atoms with Crippen LogP contribution >= 0.6 is 0 Å². The molecule has 3 nitrogen and oxygen atoms in total. The second-order valence-electron chi connectivity index (χ2n) is 7.19. The molecule has 0 amide bonds. The summed E-state index contributed by atoms with van der Waals surface area (Å²) >= 11 is 0. The van der Waals surface area contributed by atoms with Crippen molar-refractivity contribution in [3.8, 4) is 0 Å². The van der Waals surface area contributed by atoms with E-state index < -0.39 is 81.8 Å². The lowest BCUT2D eigenvalue weighted by Crippen LogP contribution is -2.75. The van der Waals surface area contributed by atoms with Crippen LogP contribution in [0.1, 0.15) is 27.7 Å². The Morgan fingerprint density at radius 1 is 0.459 bits per heavy atom. The lowest BCUT2D eigenvalue weighted by Gasteiger charge is -2.45. The monoisotopic (exact) mass is 610 g/mol. The smallest absolute Gasteiger partial charge is 0.373 e. The standard InChI is InChI=1S/C16H19F17O3Si/c1-5-34-37(35-6-2,36-7-3)8(4)9(17,18)10(19,20)11(21,22)12(23,24)13(25,26)14(27,28)15(29,30)16(31,32)33/h8H,5-7H2,1-4H3. The van der Waals surface area contributed by atoms with Gasteiger partial charge in [0.05, 0.1) is 5.54 Å². The van der Waals surface area contributed by atoms with Gasteiger partial charge in [-0.15, -0.1) is 0 Å². The van der Waals surface area contributed by atoms with E-state index in [9.17, 15) is 74.6 Å². The topological polar surface area (TPSA) is 27.7 Å². The first-order chi connectivity index (χ1) is 16.1. The summed E-state index contributed by atoms with van der Waals surface area (Å²) in [4.78, 5) is 0. The van der Waals surface area contributed by atoms with Gasteiger partial charge in [-0.25, -0.2) is 0 Å². The van der Waals surface area contributed by atoms with Crippen LogP contribution in [-0.2, 0) is 13.3 Å². The number of halogens is 17. The van der Waals surface area contributed by atoms with Crippen LogP contribution in [0.5, 0.6) is 0 Å². The summed E-state index contributed by atoms with van der Waals surface area (Å²) in [6.07, 6.45) is -7.80. The van der Waals surface area contributed by atoms with Gasteiger partial charge in [0.15, 0.2) is 0 Å². The molecule has 21 heteroatoms. The van der Waals surface area contributed by atoms with Gasteiger partial charge in [0, 0.05) is 19.8 Å². The highest BCUT2D eigenvalue weighted by Crippen LogP contribution is 2.65. The SMILES string of the molecule is CCO[Si](OCC)(OCC)C(C)C(F)(F)C(F)(F)C(F)(F)C(F)(F)C(F)(F)C(F)(F)C(F)(F)C(F)(F)F. The summed E-state index contributed by atoms with van der Waals surface area (Å²) in [6.45, 7) is 0.768. The van der Waals surface area contributed by atoms with E-state index in [2.05, 4.69) is 0 Å². The Hall–Kier alpha value is -1.09. The molecule has 0 heterocycles. The molecule has 37 heavy (non-hydrogen) atoms. The Morgan fingerprint density at radius 2 is 0.703 bits per heavy atom.